The smallest absolute Gasteiger partial charge is 0.258 e. The summed E-state index contributed by atoms with van der Waals surface area (Å²) in [7, 11) is 4.46. The molecule has 0 saturated heterocycles. The van der Waals surface area contributed by atoms with Crippen molar-refractivity contribution in [3.05, 3.63) is 63.3 Å². The van der Waals surface area contributed by atoms with Crippen LogP contribution in [-0.2, 0) is 7.05 Å². The number of rotatable bonds is 4. The molecule has 1 heterocycles. The number of nitrogens with zero attached hydrogens (tertiary/aromatic N) is 1. The van der Waals surface area contributed by atoms with Crippen LogP contribution in [0.3, 0.4) is 0 Å². The summed E-state index contributed by atoms with van der Waals surface area (Å²) in [6, 6.07) is 6.75. The van der Waals surface area contributed by atoms with E-state index in [0.717, 1.165) is 6.07 Å². The van der Waals surface area contributed by atoms with Gasteiger partial charge in [0.05, 0.1) is 35.9 Å². The number of aryl methyl sites for hydroxylation is 1. The van der Waals surface area contributed by atoms with Crippen LogP contribution in [0.25, 0.3) is 10.8 Å². The normalized spacial score (nSPS) is 10.7. The first-order valence-electron chi connectivity index (χ1n) is 7.87. The number of benzene rings is 2. The molecule has 3 rings (SSSR count). The summed E-state index contributed by atoms with van der Waals surface area (Å²) in [6.07, 6.45) is 1.42. The Labute approximate surface area is 159 Å². The third-order valence-corrected chi connectivity index (χ3v) is 4.42. The van der Waals surface area contributed by atoms with Crippen LogP contribution in [0.2, 0.25) is 5.02 Å². The number of nitrogens with one attached hydrogen (secondary N) is 1. The maximum absolute atomic E-state index is 13.2. The minimum absolute atomic E-state index is 0.0664. The monoisotopic (exact) mass is 390 g/mol. The summed E-state index contributed by atoms with van der Waals surface area (Å²) < 4.78 is 25.0. The maximum Gasteiger partial charge on any atom is 0.258 e. The summed E-state index contributed by atoms with van der Waals surface area (Å²) in [6.45, 7) is 0. The fourth-order valence-electron chi connectivity index (χ4n) is 2.75. The van der Waals surface area contributed by atoms with E-state index in [9.17, 15) is 14.0 Å². The number of aromatic nitrogens is 1. The second-order valence-corrected chi connectivity index (χ2v) is 6.20. The average Bonchev–Trinajstić information content (AvgIpc) is 2.65. The van der Waals surface area contributed by atoms with Crippen molar-refractivity contribution in [1.82, 2.24) is 4.57 Å². The van der Waals surface area contributed by atoms with Crippen molar-refractivity contribution < 1.29 is 18.7 Å². The first-order valence-corrected chi connectivity index (χ1v) is 8.25. The van der Waals surface area contributed by atoms with Gasteiger partial charge in [-0.25, -0.2) is 4.39 Å². The number of anilines is 1. The van der Waals surface area contributed by atoms with Crippen LogP contribution in [0.1, 0.15) is 10.4 Å². The van der Waals surface area contributed by atoms with Crippen LogP contribution in [0.4, 0.5) is 10.1 Å². The number of ether oxygens (including phenoxy) is 2. The largest absolute Gasteiger partial charge is 0.493 e. The molecule has 0 atom stereocenters. The van der Waals surface area contributed by atoms with E-state index < -0.39 is 11.7 Å². The van der Waals surface area contributed by atoms with Gasteiger partial charge >= 0.3 is 0 Å². The molecule has 1 amide bonds. The summed E-state index contributed by atoms with van der Waals surface area (Å²) in [5, 5.41) is 3.39. The van der Waals surface area contributed by atoms with Crippen molar-refractivity contribution in [2.75, 3.05) is 19.5 Å². The molecule has 1 aromatic heterocycles. The van der Waals surface area contributed by atoms with Gasteiger partial charge in [-0.15, -0.1) is 0 Å². The Balaban J connectivity index is 2.16. The second-order valence-electron chi connectivity index (χ2n) is 5.79. The summed E-state index contributed by atoms with van der Waals surface area (Å²) >= 11 is 5.98. The van der Waals surface area contributed by atoms with Gasteiger partial charge in [-0.3, -0.25) is 9.59 Å². The summed E-state index contributed by atoms with van der Waals surface area (Å²) in [5.41, 5.74) is 0.196. The molecule has 0 saturated carbocycles. The molecule has 0 aliphatic rings. The van der Waals surface area contributed by atoms with Gasteiger partial charge in [0.2, 0.25) is 0 Å². The summed E-state index contributed by atoms with van der Waals surface area (Å²) in [4.78, 5) is 25.3. The van der Waals surface area contributed by atoms with E-state index in [2.05, 4.69) is 5.32 Å². The number of carbonyl (C=O) groups excluding carboxylic acids is 1. The lowest BCUT2D eigenvalue weighted by molar-refractivity contribution is 0.102. The van der Waals surface area contributed by atoms with Crippen LogP contribution in [0, 0.1) is 5.82 Å². The quantitative estimate of drug-likeness (QED) is 0.739. The van der Waals surface area contributed by atoms with E-state index in [4.69, 9.17) is 21.1 Å². The molecule has 2 aromatic carbocycles. The lowest BCUT2D eigenvalue weighted by Gasteiger charge is -2.14. The molecule has 0 aliphatic heterocycles. The Hall–Kier alpha value is -3.06. The number of hydrogen-bond acceptors (Lipinski definition) is 4. The molecule has 0 fully saturated rings. The average molecular weight is 391 g/mol. The van der Waals surface area contributed by atoms with E-state index in [0.29, 0.717) is 22.3 Å². The number of fused-ring (bicyclic) bond motifs is 1. The first kappa shape index (κ1) is 18.7. The van der Waals surface area contributed by atoms with Crippen molar-refractivity contribution in [3.63, 3.8) is 0 Å². The van der Waals surface area contributed by atoms with Crippen molar-refractivity contribution in [3.8, 4) is 11.5 Å². The number of amides is 1. The Morgan fingerprint density at radius 3 is 2.33 bits per heavy atom. The van der Waals surface area contributed by atoms with Crippen molar-refractivity contribution in [1.29, 1.82) is 0 Å². The van der Waals surface area contributed by atoms with Gasteiger partial charge in [-0.05, 0) is 30.3 Å². The molecule has 0 aliphatic carbocycles. The zero-order valence-corrected chi connectivity index (χ0v) is 15.6. The van der Waals surface area contributed by atoms with Crippen LogP contribution in [0.5, 0.6) is 11.5 Å². The fraction of sp³-hybridized carbons (Fsp3) is 0.158. The maximum atomic E-state index is 13.2. The SMILES string of the molecule is COc1cc2c(C(=O)Nc3ccc(F)cc3Cl)cn(C)c(=O)c2cc1OC. The molecule has 0 unspecified atom stereocenters. The molecule has 3 aromatic rings. The number of halogens is 2. The third kappa shape index (κ3) is 3.46. The van der Waals surface area contributed by atoms with Crippen LogP contribution < -0.4 is 20.3 Å². The van der Waals surface area contributed by atoms with Crippen LogP contribution >= 0.6 is 11.6 Å². The van der Waals surface area contributed by atoms with Gasteiger partial charge in [-0.1, -0.05) is 11.6 Å². The lowest BCUT2D eigenvalue weighted by Crippen LogP contribution is -2.21. The Morgan fingerprint density at radius 2 is 1.74 bits per heavy atom. The molecule has 0 spiro atoms. The lowest BCUT2D eigenvalue weighted by atomic mass is 10.1. The molecule has 6 nitrogen and oxygen atoms in total. The number of pyridine rings is 1. The molecule has 0 radical (unpaired) electrons. The summed E-state index contributed by atoms with van der Waals surface area (Å²) in [5.74, 6) is -0.257. The van der Waals surface area contributed by atoms with Crippen LogP contribution in [0.15, 0.2) is 41.3 Å². The standard InChI is InChI=1S/C19H16ClFN2O4/c1-23-9-13(18(24)22-15-5-4-10(21)6-14(15)20)11-7-16(26-2)17(27-3)8-12(11)19(23)25/h4-9H,1-3H3,(H,22,24). The molecule has 27 heavy (non-hydrogen) atoms. The van der Waals surface area contributed by atoms with E-state index in [1.165, 1.54) is 43.2 Å². The predicted octanol–water partition coefficient (Wildman–Crippen LogP) is 3.60. The van der Waals surface area contributed by atoms with Gasteiger partial charge in [0, 0.05) is 18.6 Å². The first-order chi connectivity index (χ1) is 12.8. The third-order valence-electron chi connectivity index (χ3n) is 4.11. The Morgan fingerprint density at radius 1 is 1.11 bits per heavy atom. The van der Waals surface area contributed by atoms with Gasteiger partial charge in [-0.2, -0.15) is 0 Å². The van der Waals surface area contributed by atoms with Gasteiger partial charge < -0.3 is 19.4 Å². The van der Waals surface area contributed by atoms with Crippen LogP contribution in [-0.4, -0.2) is 24.7 Å². The van der Waals surface area contributed by atoms with Crippen molar-refractivity contribution in [2.45, 2.75) is 0 Å². The van der Waals surface area contributed by atoms with Gasteiger partial charge in [0.1, 0.15) is 5.82 Å². The highest BCUT2D eigenvalue weighted by molar-refractivity contribution is 6.34. The molecule has 0 bridgehead atoms. The Kier molecular flexibility index (Phi) is 5.05. The molecule has 1 N–H and O–H groups in total. The van der Waals surface area contributed by atoms with Crippen molar-refractivity contribution in [2.24, 2.45) is 7.05 Å². The Bertz CT molecular complexity index is 1110. The van der Waals surface area contributed by atoms with Gasteiger partial charge in [0.15, 0.2) is 11.5 Å². The minimum Gasteiger partial charge on any atom is -0.493 e. The molecule has 8 heteroatoms. The number of carbonyl (C=O) groups is 1. The van der Waals surface area contributed by atoms with E-state index >= 15 is 0 Å². The molecular formula is C19H16ClFN2O4. The zero-order valence-electron chi connectivity index (χ0n) is 14.8. The number of hydrogen-bond donors (Lipinski definition) is 1. The van der Waals surface area contributed by atoms with E-state index in [-0.39, 0.29) is 21.8 Å². The highest BCUT2D eigenvalue weighted by Crippen LogP contribution is 2.32. The zero-order chi connectivity index (χ0) is 19.7. The van der Waals surface area contributed by atoms with Crippen molar-refractivity contribution >= 4 is 34.0 Å². The number of methoxy groups -OCH3 is 2. The minimum atomic E-state index is -0.512. The van der Waals surface area contributed by atoms with E-state index in [1.807, 2.05) is 0 Å². The second kappa shape index (κ2) is 7.28. The van der Waals surface area contributed by atoms with Gasteiger partial charge in [0.25, 0.3) is 11.5 Å². The highest BCUT2D eigenvalue weighted by Gasteiger charge is 2.18. The highest BCUT2D eigenvalue weighted by atomic mass is 35.5. The predicted molar refractivity (Wildman–Crippen MR) is 102 cm³/mol. The molecule has 140 valence electrons. The van der Waals surface area contributed by atoms with E-state index in [1.54, 1.807) is 13.1 Å². The molecular weight excluding hydrogens is 375 g/mol. The topological polar surface area (TPSA) is 69.6 Å². The fourth-order valence-corrected chi connectivity index (χ4v) is 2.97.